The minimum atomic E-state index is 0.0998. The molecule has 0 aromatic carbocycles. The van der Waals surface area contributed by atoms with Gasteiger partial charge in [-0.3, -0.25) is 9.59 Å². The van der Waals surface area contributed by atoms with Gasteiger partial charge in [0.05, 0.1) is 6.54 Å². The molecule has 2 amide bonds. The predicted molar refractivity (Wildman–Crippen MR) is 99.0 cm³/mol. The second-order valence-corrected chi connectivity index (χ2v) is 8.62. The summed E-state index contributed by atoms with van der Waals surface area (Å²) in [4.78, 5) is 26.4. The first-order valence-corrected chi connectivity index (χ1v) is 10.4. The lowest BCUT2D eigenvalue weighted by Crippen LogP contribution is -2.38. The molecule has 1 saturated heterocycles. The number of nitrogens with one attached hydrogen (secondary N) is 2. The van der Waals surface area contributed by atoms with Gasteiger partial charge in [0, 0.05) is 32.6 Å². The Bertz CT molecular complexity index is 458. The Morgan fingerprint density at radius 1 is 0.960 bits per heavy atom. The molecule has 5 nitrogen and oxygen atoms in total. The van der Waals surface area contributed by atoms with Gasteiger partial charge < -0.3 is 15.5 Å². The molecule has 1 aliphatic heterocycles. The summed E-state index contributed by atoms with van der Waals surface area (Å²) in [7, 11) is 0. The molecule has 3 fully saturated rings. The maximum absolute atomic E-state index is 12.6. The van der Waals surface area contributed by atoms with Crippen molar-refractivity contribution in [1.29, 1.82) is 0 Å². The van der Waals surface area contributed by atoms with Gasteiger partial charge in [-0.2, -0.15) is 0 Å². The van der Waals surface area contributed by atoms with E-state index in [0.29, 0.717) is 30.2 Å². The molecular formula is C20H35N3O2. The number of carbonyl (C=O) groups excluding carboxylic acids is 2. The van der Waals surface area contributed by atoms with Crippen molar-refractivity contribution in [1.82, 2.24) is 15.5 Å². The van der Waals surface area contributed by atoms with Crippen LogP contribution in [-0.2, 0) is 9.59 Å². The molecule has 3 aliphatic rings. The smallest absolute Gasteiger partial charge is 0.233 e. The summed E-state index contributed by atoms with van der Waals surface area (Å²) < 4.78 is 0. The molecule has 0 aromatic heterocycles. The van der Waals surface area contributed by atoms with Crippen LogP contribution in [0.3, 0.4) is 0 Å². The summed E-state index contributed by atoms with van der Waals surface area (Å²) in [5.74, 6) is 2.77. The van der Waals surface area contributed by atoms with Crippen LogP contribution in [0.1, 0.15) is 58.3 Å². The van der Waals surface area contributed by atoms with Gasteiger partial charge in [0.1, 0.15) is 0 Å². The summed E-state index contributed by atoms with van der Waals surface area (Å²) in [6, 6.07) is 0. The quantitative estimate of drug-likeness (QED) is 0.706. The van der Waals surface area contributed by atoms with Crippen molar-refractivity contribution in [3.8, 4) is 0 Å². The van der Waals surface area contributed by atoms with E-state index in [1.165, 1.54) is 44.9 Å². The molecule has 0 radical (unpaired) electrons. The minimum absolute atomic E-state index is 0.0998. The highest BCUT2D eigenvalue weighted by Gasteiger charge is 2.33. The first-order chi connectivity index (χ1) is 12.1. The van der Waals surface area contributed by atoms with Crippen LogP contribution >= 0.6 is 0 Å². The van der Waals surface area contributed by atoms with Gasteiger partial charge in [0.15, 0.2) is 0 Å². The Morgan fingerprint density at radius 2 is 1.72 bits per heavy atom. The molecule has 5 heteroatoms. The molecule has 2 N–H and O–H groups in total. The van der Waals surface area contributed by atoms with Gasteiger partial charge in [-0.1, -0.05) is 26.2 Å². The second-order valence-electron chi connectivity index (χ2n) is 8.62. The molecule has 0 aromatic rings. The molecule has 0 bridgehead atoms. The molecule has 2 aliphatic carbocycles. The fourth-order valence-electron chi connectivity index (χ4n) is 4.28. The Kier molecular flexibility index (Phi) is 6.74. The van der Waals surface area contributed by atoms with E-state index in [2.05, 4.69) is 22.5 Å². The Hall–Kier alpha value is -1.10. The third-order valence-electron chi connectivity index (χ3n) is 6.29. The first-order valence-electron chi connectivity index (χ1n) is 10.4. The predicted octanol–water partition coefficient (Wildman–Crippen LogP) is 2.17. The maximum Gasteiger partial charge on any atom is 0.233 e. The SMILES string of the molecule is C[C@@H]1CN(C(=O)CC2CCCCC2)C[C@H]1CNCC(=O)NCC1CC1. The molecule has 2 saturated carbocycles. The molecule has 25 heavy (non-hydrogen) atoms. The highest BCUT2D eigenvalue weighted by molar-refractivity contribution is 5.78. The van der Waals surface area contributed by atoms with Crippen LogP contribution in [0.25, 0.3) is 0 Å². The van der Waals surface area contributed by atoms with Gasteiger partial charge in [0.2, 0.25) is 11.8 Å². The van der Waals surface area contributed by atoms with E-state index >= 15 is 0 Å². The van der Waals surface area contributed by atoms with Gasteiger partial charge in [0.25, 0.3) is 0 Å². The van der Waals surface area contributed by atoms with Crippen molar-refractivity contribution < 1.29 is 9.59 Å². The number of rotatable bonds is 8. The summed E-state index contributed by atoms with van der Waals surface area (Å²) in [5.41, 5.74) is 0. The van der Waals surface area contributed by atoms with E-state index < -0.39 is 0 Å². The van der Waals surface area contributed by atoms with E-state index in [0.717, 1.165) is 38.5 Å². The van der Waals surface area contributed by atoms with Crippen molar-refractivity contribution in [3.05, 3.63) is 0 Å². The zero-order chi connectivity index (χ0) is 17.6. The van der Waals surface area contributed by atoms with E-state index in [4.69, 9.17) is 0 Å². The highest BCUT2D eigenvalue weighted by atomic mass is 16.2. The molecule has 2 atom stereocenters. The summed E-state index contributed by atoms with van der Waals surface area (Å²) in [6.07, 6.45) is 9.67. The number of nitrogens with zero attached hydrogens (tertiary/aromatic N) is 1. The molecule has 1 heterocycles. The fraction of sp³-hybridized carbons (Fsp3) is 0.900. The van der Waals surface area contributed by atoms with Crippen molar-refractivity contribution in [2.24, 2.45) is 23.7 Å². The number of carbonyl (C=O) groups is 2. The lowest BCUT2D eigenvalue weighted by molar-refractivity contribution is -0.131. The Labute approximate surface area is 152 Å². The molecule has 0 unspecified atom stereocenters. The highest BCUT2D eigenvalue weighted by Crippen LogP contribution is 2.29. The van der Waals surface area contributed by atoms with Crippen LogP contribution in [0.15, 0.2) is 0 Å². The van der Waals surface area contributed by atoms with E-state index in [1.54, 1.807) is 0 Å². The Morgan fingerprint density at radius 3 is 2.44 bits per heavy atom. The molecular weight excluding hydrogens is 314 g/mol. The van der Waals surface area contributed by atoms with Crippen LogP contribution in [0.4, 0.5) is 0 Å². The van der Waals surface area contributed by atoms with E-state index in [1.807, 2.05) is 0 Å². The number of hydrogen-bond donors (Lipinski definition) is 2. The van der Waals surface area contributed by atoms with Gasteiger partial charge >= 0.3 is 0 Å². The van der Waals surface area contributed by atoms with Crippen molar-refractivity contribution in [2.75, 3.05) is 32.7 Å². The van der Waals surface area contributed by atoms with E-state index in [9.17, 15) is 9.59 Å². The van der Waals surface area contributed by atoms with Crippen molar-refractivity contribution >= 4 is 11.8 Å². The van der Waals surface area contributed by atoms with Crippen molar-refractivity contribution in [3.63, 3.8) is 0 Å². The standard InChI is InChI=1S/C20H35N3O2/c1-15-13-23(20(25)9-16-5-3-2-4-6-16)14-18(15)11-21-12-19(24)22-10-17-7-8-17/h15-18,21H,2-14H2,1H3,(H,22,24)/t15-,18-/m1/s1. The maximum atomic E-state index is 12.6. The largest absolute Gasteiger partial charge is 0.355 e. The van der Waals surface area contributed by atoms with Gasteiger partial charge in [-0.15, -0.1) is 0 Å². The fourth-order valence-corrected chi connectivity index (χ4v) is 4.28. The van der Waals surface area contributed by atoms with Gasteiger partial charge in [-0.25, -0.2) is 0 Å². The summed E-state index contributed by atoms with van der Waals surface area (Å²) >= 11 is 0. The number of likely N-dealkylation sites (tertiary alicyclic amines) is 1. The van der Waals surface area contributed by atoms with Crippen LogP contribution in [0.5, 0.6) is 0 Å². The topological polar surface area (TPSA) is 61.4 Å². The second kappa shape index (κ2) is 9.02. The average Bonchev–Trinajstić information content (AvgIpc) is 3.36. The molecule has 3 rings (SSSR count). The van der Waals surface area contributed by atoms with Gasteiger partial charge in [-0.05, 0) is 49.4 Å². The van der Waals surface area contributed by atoms with Crippen LogP contribution in [0.2, 0.25) is 0 Å². The molecule has 142 valence electrons. The zero-order valence-corrected chi connectivity index (χ0v) is 15.8. The van der Waals surface area contributed by atoms with Crippen molar-refractivity contribution in [2.45, 2.75) is 58.3 Å². The van der Waals surface area contributed by atoms with E-state index in [-0.39, 0.29) is 5.91 Å². The number of hydrogen-bond acceptors (Lipinski definition) is 3. The van der Waals surface area contributed by atoms with Crippen LogP contribution < -0.4 is 10.6 Å². The summed E-state index contributed by atoms with van der Waals surface area (Å²) in [6.45, 7) is 6.02. The average molecular weight is 350 g/mol. The monoisotopic (exact) mass is 349 g/mol. The zero-order valence-electron chi connectivity index (χ0n) is 15.8. The Balaban J connectivity index is 1.32. The third kappa shape index (κ3) is 5.98. The lowest BCUT2D eigenvalue weighted by atomic mass is 9.87. The normalized spacial score (nSPS) is 27.5. The van der Waals surface area contributed by atoms with Crippen LogP contribution in [-0.4, -0.2) is 49.4 Å². The molecule has 0 spiro atoms. The minimum Gasteiger partial charge on any atom is -0.355 e. The first kappa shape index (κ1) is 18.7. The van der Waals surface area contributed by atoms with Crippen LogP contribution in [0, 0.1) is 23.7 Å². The number of amides is 2. The summed E-state index contributed by atoms with van der Waals surface area (Å²) in [5, 5.41) is 6.28. The third-order valence-corrected chi connectivity index (χ3v) is 6.29. The lowest BCUT2D eigenvalue weighted by Gasteiger charge is -2.24.